The van der Waals surface area contributed by atoms with Gasteiger partial charge in [0.25, 0.3) is 0 Å². The molecule has 0 fully saturated rings. The number of nitrogens with zero attached hydrogens (tertiary/aromatic N) is 3. The molecule has 1 atom stereocenters. The number of halogens is 1. The van der Waals surface area contributed by atoms with Crippen molar-refractivity contribution in [3.8, 4) is 11.3 Å². The molecule has 3 aromatic rings. The van der Waals surface area contributed by atoms with Crippen LogP contribution < -0.4 is 0 Å². The molecule has 0 bridgehead atoms. The molecule has 2 heterocycles. The van der Waals surface area contributed by atoms with Gasteiger partial charge < -0.3 is 14.1 Å². The quantitative estimate of drug-likeness (QED) is 0.536. The van der Waals surface area contributed by atoms with Gasteiger partial charge in [0.1, 0.15) is 12.3 Å². The van der Waals surface area contributed by atoms with Crippen molar-refractivity contribution in [3.63, 3.8) is 0 Å². The van der Waals surface area contributed by atoms with Crippen LogP contribution in [-0.2, 0) is 9.53 Å². The van der Waals surface area contributed by atoms with Gasteiger partial charge >= 0.3 is 0 Å². The molecule has 0 amide bonds. The lowest BCUT2D eigenvalue weighted by Crippen LogP contribution is -2.14. The summed E-state index contributed by atoms with van der Waals surface area (Å²) in [5, 5.41) is 1.19. The fourth-order valence-electron chi connectivity index (χ4n) is 2.52. The zero-order chi connectivity index (χ0) is 15.5. The summed E-state index contributed by atoms with van der Waals surface area (Å²) in [6.07, 6.45) is 4.40. The predicted octanol–water partition coefficient (Wildman–Crippen LogP) is 3.14. The molecular weight excluding hydrogens is 302 g/mol. The van der Waals surface area contributed by atoms with Crippen LogP contribution in [0.25, 0.3) is 22.2 Å². The summed E-state index contributed by atoms with van der Waals surface area (Å²) in [5.74, 6) is 0. The van der Waals surface area contributed by atoms with Gasteiger partial charge in [0, 0.05) is 36.0 Å². The van der Waals surface area contributed by atoms with Crippen molar-refractivity contribution in [2.45, 2.75) is 6.04 Å². The van der Waals surface area contributed by atoms with Crippen LogP contribution in [0, 0.1) is 0 Å². The molecule has 0 spiro atoms. The minimum atomic E-state index is -0.388. The number of methoxy groups -OCH3 is 1. The van der Waals surface area contributed by atoms with E-state index in [0.717, 1.165) is 28.4 Å². The summed E-state index contributed by atoms with van der Waals surface area (Å²) in [6.45, 7) is 0.312. The molecule has 6 heteroatoms. The van der Waals surface area contributed by atoms with Crippen molar-refractivity contribution in [3.05, 3.63) is 48.0 Å². The van der Waals surface area contributed by atoms with E-state index in [2.05, 4.69) is 9.97 Å². The first-order valence-electron chi connectivity index (χ1n) is 6.77. The topological polar surface area (TPSA) is 57.0 Å². The molecule has 0 aliphatic carbocycles. The monoisotopic (exact) mass is 315 g/mol. The Morgan fingerprint density at radius 2 is 2.18 bits per heavy atom. The lowest BCUT2D eigenvalue weighted by molar-refractivity contribution is -0.111. The minimum Gasteiger partial charge on any atom is -0.382 e. The van der Waals surface area contributed by atoms with Crippen molar-refractivity contribution >= 4 is 28.8 Å². The molecule has 112 valence electrons. The summed E-state index contributed by atoms with van der Waals surface area (Å²) in [7, 11) is 1.58. The van der Waals surface area contributed by atoms with Crippen molar-refractivity contribution in [1.82, 2.24) is 14.5 Å². The van der Waals surface area contributed by atoms with Gasteiger partial charge in [-0.25, -0.2) is 9.97 Å². The fourth-order valence-corrected chi connectivity index (χ4v) is 2.67. The number of carbonyl (C=O) groups is 1. The van der Waals surface area contributed by atoms with Crippen LogP contribution in [0.3, 0.4) is 0 Å². The number of ether oxygens (including phenoxy) is 1. The van der Waals surface area contributed by atoms with E-state index in [4.69, 9.17) is 16.3 Å². The van der Waals surface area contributed by atoms with Gasteiger partial charge in [-0.1, -0.05) is 18.2 Å². The summed E-state index contributed by atoms with van der Waals surface area (Å²) in [6, 6.07) is 9.25. The van der Waals surface area contributed by atoms with E-state index in [1.807, 2.05) is 35.0 Å². The molecular formula is C16H14ClN3O2. The number of benzene rings is 1. The molecule has 5 nitrogen and oxygen atoms in total. The Hall–Kier alpha value is -2.24. The Morgan fingerprint density at radius 1 is 1.36 bits per heavy atom. The van der Waals surface area contributed by atoms with Crippen molar-refractivity contribution in [1.29, 1.82) is 0 Å². The SMILES string of the molecule is COCC(C=O)n1cc(-c2ccnc(Cl)n2)c2ccccc21. The number of aldehydes is 1. The van der Waals surface area contributed by atoms with E-state index in [1.54, 1.807) is 19.4 Å². The lowest BCUT2D eigenvalue weighted by Gasteiger charge is -2.12. The molecule has 3 rings (SSSR count). The van der Waals surface area contributed by atoms with Crippen LogP contribution in [0.4, 0.5) is 0 Å². The van der Waals surface area contributed by atoms with Gasteiger partial charge in [-0.05, 0) is 23.7 Å². The van der Waals surface area contributed by atoms with Gasteiger partial charge in [0.05, 0.1) is 12.3 Å². The molecule has 0 N–H and O–H groups in total. The van der Waals surface area contributed by atoms with Crippen molar-refractivity contribution in [2.75, 3.05) is 13.7 Å². The molecule has 2 aromatic heterocycles. The maximum atomic E-state index is 11.4. The molecule has 22 heavy (non-hydrogen) atoms. The largest absolute Gasteiger partial charge is 0.382 e. The molecule has 1 aromatic carbocycles. The second-order valence-corrected chi connectivity index (χ2v) is 5.17. The minimum absolute atomic E-state index is 0.193. The Balaban J connectivity index is 2.22. The van der Waals surface area contributed by atoms with Crippen LogP contribution >= 0.6 is 11.6 Å². The van der Waals surface area contributed by atoms with Gasteiger partial charge in [-0.3, -0.25) is 0 Å². The highest BCUT2D eigenvalue weighted by Gasteiger charge is 2.17. The second-order valence-electron chi connectivity index (χ2n) is 4.84. The van der Waals surface area contributed by atoms with Crippen LogP contribution in [0.1, 0.15) is 6.04 Å². The van der Waals surface area contributed by atoms with E-state index in [-0.39, 0.29) is 11.3 Å². The normalized spacial score (nSPS) is 12.5. The third-order valence-corrected chi connectivity index (χ3v) is 3.68. The number of para-hydroxylation sites is 1. The van der Waals surface area contributed by atoms with E-state index in [0.29, 0.717) is 6.61 Å². The van der Waals surface area contributed by atoms with E-state index < -0.39 is 0 Å². The van der Waals surface area contributed by atoms with Crippen LogP contribution in [0.2, 0.25) is 5.28 Å². The highest BCUT2D eigenvalue weighted by Crippen LogP contribution is 2.31. The summed E-state index contributed by atoms with van der Waals surface area (Å²) in [5.41, 5.74) is 2.57. The smallest absolute Gasteiger partial charge is 0.222 e. The van der Waals surface area contributed by atoms with Gasteiger partial charge in [-0.15, -0.1) is 0 Å². The van der Waals surface area contributed by atoms with Gasteiger partial charge in [-0.2, -0.15) is 0 Å². The average molecular weight is 316 g/mol. The van der Waals surface area contributed by atoms with Crippen LogP contribution in [-0.4, -0.2) is 34.5 Å². The molecule has 0 aliphatic heterocycles. The number of rotatable bonds is 5. The third kappa shape index (κ3) is 2.61. The van der Waals surface area contributed by atoms with Crippen LogP contribution in [0.5, 0.6) is 0 Å². The molecule has 0 aliphatic rings. The first-order valence-corrected chi connectivity index (χ1v) is 7.15. The lowest BCUT2D eigenvalue weighted by atomic mass is 10.1. The Kier molecular flexibility index (Phi) is 4.18. The second kappa shape index (κ2) is 6.25. The molecule has 0 radical (unpaired) electrons. The Bertz CT molecular complexity index is 816. The Morgan fingerprint density at radius 3 is 2.91 bits per heavy atom. The maximum Gasteiger partial charge on any atom is 0.222 e. The zero-order valence-corrected chi connectivity index (χ0v) is 12.7. The average Bonchev–Trinajstić information content (AvgIpc) is 2.92. The number of hydrogen-bond acceptors (Lipinski definition) is 4. The van der Waals surface area contributed by atoms with Gasteiger partial charge in [0.2, 0.25) is 5.28 Å². The number of carbonyl (C=O) groups excluding carboxylic acids is 1. The Labute approximate surface area is 132 Å². The standard InChI is InChI=1S/C16H14ClN3O2/c1-22-10-11(9-21)20-8-13(12-4-2-3-5-15(12)20)14-6-7-18-16(17)19-14/h2-9,11H,10H2,1H3. The molecule has 0 saturated carbocycles. The number of aromatic nitrogens is 3. The van der Waals surface area contributed by atoms with E-state index >= 15 is 0 Å². The number of fused-ring (bicyclic) bond motifs is 1. The maximum absolute atomic E-state index is 11.4. The molecule has 1 unspecified atom stereocenters. The highest BCUT2D eigenvalue weighted by molar-refractivity contribution is 6.28. The van der Waals surface area contributed by atoms with Crippen LogP contribution in [0.15, 0.2) is 42.7 Å². The summed E-state index contributed by atoms with van der Waals surface area (Å²) >= 11 is 5.89. The van der Waals surface area contributed by atoms with Gasteiger partial charge in [0.15, 0.2) is 0 Å². The number of hydrogen-bond donors (Lipinski definition) is 0. The van der Waals surface area contributed by atoms with E-state index in [1.165, 1.54) is 0 Å². The summed E-state index contributed by atoms with van der Waals surface area (Å²) < 4.78 is 7.03. The highest BCUT2D eigenvalue weighted by atomic mass is 35.5. The third-order valence-electron chi connectivity index (χ3n) is 3.49. The predicted molar refractivity (Wildman–Crippen MR) is 85.0 cm³/mol. The fraction of sp³-hybridized carbons (Fsp3) is 0.188. The summed E-state index contributed by atoms with van der Waals surface area (Å²) in [4.78, 5) is 19.6. The first-order chi connectivity index (χ1) is 10.7. The van der Waals surface area contributed by atoms with Crippen molar-refractivity contribution in [2.24, 2.45) is 0 Å². The van der Waals surface area contributed by atoms with E-state index in [9.17, 15) is 4.79 Å². The first kappa shape index (κ1) is 14.7. The molecule has 0 saturated heterocycles. The zero-order valence-electron chi connectivity index (χ0n) is 11.9. The van der Waals surface area contributed by atoms with Crippen molar-refractivity contribution < 1.29 is 9.53 Å².